The third kappa shape index (κ3) is 2.60. The summed E-state index contributed by atoms with van der Waals surface area (Å²) in [7, 11) is 0. The molecule has 0 spiro atoms. The Morgan fingerprint density at radius 2 is 2.17 bits per heavy atom. The largest absolute Gasteiger partial charge is 0.508 e. The molecule has 6 nitrogen and oxygen atoms in total. The number of phenolic OH excluding ortho intramolecular Hbond substituents is 1. The lowest BCUT2D eigenvalue weighted by molar-refractivity contribution is -0.154. The number of carboxylic acids is 1. The summed E-state index contributed by atoms with van der Waals surface area (Å²) >= 11 is 0. The Balaban J connectivity index is 2.11. The number of ether oxygens (including phenoxy) is 1. The quantitative estimate of drug-likeness (QED) is 0.790. The first kappa shape index (κ1) is 12.4. The summed E-state index contributed by atoms with van der Waals surface area (Å²) in [5.41, 5.74) is 0.334. The van der Waals surface area contributed by atoms with Crippen LogP contribution in [0.15, 0.2) is 24.3 Å². The first-order chi connectivity index (χ1) is 8.58. The lowest BCUT2D eigenvalue weighted by Gasteiger charge is -2.30. The van der Waals surface area contributed by atoms with Crippen molar-refractivity contribution in [3.05, 3.63) is 29.8 Å². The predicted molar refractivity (Wildman–Crippen MR) is 61.4 cm³/mol. The predicted octanol–water partition coefficient (Wildman–Crippen LogP) is 0.318. The van der Waals surface area contributed by atoms with Crippen LogP contribution < -0.4 is 0 Å². The molecule has 0 aliphatic carbocycles. The first-order valence-corrected chi connectivity index (χ1v) is 5.50. The molecule has 1 saturated heterocycles. The van der Waals surface area contributed by atoms with Gasteiger partial charge in [0, 0.05) is 12.1 Å². The Labute approximate surface area is 103 Å². The number of hydrogen-bond acceptors (Lipinski definition) is 4. The van der Waals surface area contributed by atoms with Crippen molar-refractivity contribution in [3.63, 3.8) is 0 Å². The number of morpholine rings is 1. The minimum Gasteiger partial charge on any atom is -0.508 e. The van der Waals surface area contributed by atoms with Gasteiger partial charge < -0.3 is 19.8 Å². The number of aromatic hydroxyl groups is 1. The Hall–Kier alpha value is -2.08. The average Bonchev–Trinajstić information content (AvgIpc) is 2.38. The molecule has 0 bridgehead atoms. The summed E-state index contributed by atoms with van der Waals surface area (Å²) in [6, 6.07) is 5.97. The van der Waals surface area contributed by atoms with Crippen molar-refractivity contribution >= 4 is 11.9 Å². The molecule has 1 aliphatic rings. The molecule has 1 atom stereocenters. The molecular formula is C12H13NO5. The summed E-state index contributed by atoms with van der Waals surface area (Å²) in [4.78, 5) is 24.3. The van der Waals surface area contributed by atoms with Crippen molar-refractivity contribution in [2.75, 3.05) is 19.7 Å². The van der Waals surface area contributed by atoms with E-state index in [9.17, 15) is 14.7 Å². The van der Waals surface area contributed by atoms with E-state index in [2.05, 4.69) is 0 Å². The maximum atomic E-state index is 12.1. The van der Waals surface area contributed by atoms with E-state index < -0.39 is 12.1 Å². The van der Waals surface area contributed by atoms with Gasteiger partial charge in [0.1, 0.15) is 5.75 Å². The maximum Gasteiger partial charge on any atom is 0.334 e. The normalized spacial score (nSPS) is 19.6. The molecule has 1 fully saturated rings. The van der Waals surface area contributed by atoms with E-state index in [0.717, 1.165) is 0 Å². The molecular weight excluding hydrogens is 238 g/mol. The zero-order valence-corrected chi connectivity index (χ0v) is 9.57. The second-order valence-corrected chi connectivity index (χ2v) is 4.00. The Morgan fingerprint density at radius 3 is 2.83 bits per heavy atom. The van der Waals surface area contributed by atoms with Gasteiger partial charge >= 0.3 is 5.97 Å². The van der Waals surface area contributed by atoms with E-state index in [1.165, 1.54) is 17.0 Å². The fourth-order valence-electron chi connectivity index (χ4n) is 1.80. The van der Waals surface area contributed by atoms with Crippen LogP contribution in [0.2, 0.25) is 0 Å². The van der Waals surface area contributed by atoms with Crippen molar-refractivity contribution in [1.29, 1.82) is 0 Å². The molecule has 0 saturated carbocycles. The molecule has 1 unspecified atom stereocenters. The number of hydrogen-bond donors (Lipinski definition) is 2. The van der Waals surface area contributed by atoms with Gasteiger partial charge in [0.05, 0.1) is 13.2 Å². The van der Waals surface area contributed by atoms with E-state index in [0.29, 0.717) is 12.1 Å². The minimum absolute atomic E-state index is 0.00361. The SMILES string of the molecule is O=C(O)C1CN(C(=O)c2cccc(O)c2)CCO1. The number of rotatable bonds is 2. The maximum absolute atomic E-state index is 12.1. The Bertz CT molecular complexity index is 473. The van der Waals surface area contributed by atoms with Crippen molar-refractivity contribution in [1.82, 2.24) is 4.90 Å². The molecule has 96 valence electrons. The summed E-state index contributed by atoms with van der Waals surface area (Å²) < 4.78 is 5.04. The Morgan fingerprint density at radius 1 is 1.39 bits per heavy atom. The molecule has 1 aliphatic heterocycles. The zero-order chi connectivity index (χ0) is 13.1. The molecule has 0 aromatic heterocycles. The molecule has 2 rings (SSSR count). The van der Waals surface area contributed by atoms with Crippen LogP contribution in [0.3, 0.4) is 0 Å². The van der Waals surface area contributed by atoms with Crippen molar-refractivity contribution in [2.45, 2.75) is 6.10 Å². The van der Waals surface area contributed by atoms with Crippen LogP contribution in [-0.4, -0.2) is 52.8 Å². The van der Waals surface area contributed by atoms with Crippen LogP contribution in [-0.2, 0) is 9.53 Å². The lowest BCUT2D eigenvalue weighted by atomic mass is 10.1. The number of carbonyl (C=O) groups is 2. The lowest BCUT2D eigenvalue weighted by Crippen LogP contribution is -2.48. The second-order valence-electron chi connectivity index (χ2n) is 4.00. The van der Waals surface area contributed by atoms with Gasteiger partial charge in [0.25, 0.3) is 5.91 Å². The van der Waals surface area contributed by atoms with Gasteiger partial charge in [0.15, 0.2) is 6.10 Å². The topological polar surface area (TPSA) is 87.1 Å². The first-order valence-electron chi connectivity index (χ1n) is 5.50. The van der Waals surface area contributed by atoms with Crippen molar-refractivity contribution in [3.8, 4) is 5.75 Å². The van der Waals surface area contributed by atoms with E-state index >= 15 is 0 Å². The van der Waals surface area contributed by atoms with Gasteiger partial charge in [-0.05, 0) is 18.2 Å². The molecule has 18 heavy (non-hydrogen) atoms. The summed E-state index contributed by atoms with van der Waals surface area (Å²) in [5.74, 6) is -1.38. The number of carbonyl (C=O) groups excluding carboxylic acids is 1. The molecule has 0 radical (unpaired) electrons. The molecule has 1 heterocycles. The van der Waals surface area contributed by atoms with E-state index in [-0.39, 0.29) is 24.8 Å². The second kappa shape index (κ2) is 5.05. The highest BCUT2D eigenvalue weighted by atomic mass is 16.5. The van der Waals surface area contributed by atoms with Gasteiger partial charge in [-0.2, -0.15) is 0 Å². The monoisotopic (exact) mass is 251 g/mol. The van der Waals surface area contributed by atoms with E-state index in [1.54, 1.807) is 12.1 Å². The third-order valence-electron chi connectivity index (χ3n) is 2.72. The molecule has 1 aromatic carbocycles. The highest BCUT2D eigenvalue weighted by Crippen LogP contribution is 2.15. The number of aliphatic carboxylic acids is 1. The van der Waals surface area contributed by atoms with Gasteiger partial charge in [-0.3, -0.25) is 4.79 Å². The number of benzene rings is 1. The highest BCUT2D eigenvalue weighted by Gasteiger charge is 2.29. The van der Waals surface area contributed by atoms with Crippen LogP contribution in [0, 0.1) is 0 Å². The van der Waals surface area contributed by atoms with Gasteiger partial charge in [-0.15, -0.1) is 0 Å². The fourth-order valence-corrected chi connectivity index (χ4v) is 1.80. The summed E-state index contributed by atoms with van der Waals surface area (Å²) in [5, 5.41) is 18.2. The average molecular weight is 251 g/mol. The standard InChI is InChI=1S/C12H13NO5/c14-9-3-1-2-8(6-9)11(15)13-4-5-18-10(7-13)12(16)17/h1-3,6,10,14H,4-5,7H2,(H,16,17). The summed E-state index contributed by atoms with van der Waals surface area (Å²) in [6.45, 7) is 0.559. The van der Waals surface area contributed by atoms with Crippen LogP contribution in [0.5, 0.6) is 5.75 Å². The number of nitrogens with zero attached hydrogens (tertiary/aromatic N) is 1. The minimum atomic E-state index is -1.08. The van der Waals surface area contributed by atoms with Gasteiger partial charge in [0.2, 0.25) is 0 Å². The zero-order valence-electron chi connectivity index (χ0n) is 9.57. The third-order valence-corrected chi connectivity index (χ3v) is 2.72. The van der Waals surface area contributed by atoms with Crippen molar-refractivity contribution < 1.29 is 24.5 Å². The Kier molecular flexibility index (Phi) is 3.47. The van der Waals surface area contributed by atoms with E-state index in [1.807, 2.05) is 0 Å². The molecule has 2 N–H and O–H groups in total. The smallest absolute Gasteiger partial charge is 0.334 e. The fraction of sp³-hybridized carbons (Fsp3) is 0.333. The van der Waals surface area contributed by atoms with Crippen LogP contribution in [0.4, 0.5) is 0 Å². The molecule has 6 heteroatoms. The molecule has 1 aromatic rings. The number of carboxylic acid groups (broad SMARTS) is 1. The summed E-state index contributed by atoms with van der Waals surface area (Å²) in [6.07, 6.45) is -0.986. The van der Waals surface area contributed by atoms with Gasteiger partial charge in [-0.25, -0.2) is 4.79 Å². The van der Waals surface area contributed by atoms with Crippen molar-refractivity contribution in [2.24, 2.45) is 0 Å². The highest BCUT2D eigenvalue weighted by molar-refractivity contribution is 5.95. The molecule has 1 amide bonds. The van der Waals surface area contributed by atoms with E-state index in [4.69, 9.17) is 9.84 Å². The number of amides is 1. The van der Waals surface area contributed by atoms with Crippen LogP contribution in [0.25, 0.3) is 0 Å². The number of phenols is 1. The van der Waals surface area contributed by atoms with Gasteiger partial charge in [-0.1, -0.05) is 6.07 Å². The van der Waals surface area contributed by atoms with Crippen LogP contribution in [0.1, 0.15) is 10.4 Å². The van der Waals surface area contributed by atoms with Crippen LogP contribution >= 0.6 is 0 Å².